The van der Waals surface area contributed by atoms with E-state index >= 15 is 0 Å². The lowest BCUT2D eigenvalue weighted by Gasteiger charge is -2.24. The number of ether oxygens (including phenoxy) is 1. The minimum atomic E-state index is -0.823. The van der Waals surface area contributed by atoms with Gasteiger partial charge in [-0.25, -0.2) is 0 Å². The molecule has 0 aliphatic heterocycles. The standard InChI is InChI=1S/C25H31ClN4O5/c1-30-14-17(26)13-21(30)24(33)29-20(11-6-12-27)23(32)28-19-10-5-9-18(19)25(34)35-15-22(31)16-7-3-2-4-8-16/h2-4,7-8,13-14,18-20H,5-6,9-12,15,27H2,1H3,(H,28,32)(H,29,33)/t18-,19?,20+/m1/s1. The smallest absolute Gasteiger partial charge is 0.311 e. The Morgan fingerprint density at radius 1 is 1.20 bits per heavy atom. The number of carbonyl (C=O) groups is 4. The summed E-state index contributed by atoms with van der Waals surface area (Å²) < 4.78 is 6.85. The van der Waals surface area contributed by atoms with Gasteiger partial charge < -0.3 is 25.7 Å². The third kappa shape index (κ3) is 7.16. The molecular weight excluding hydrogens is 472 g/mol. The number of hydrogen-bond acceptors (Lipinski definition) is 6. The van der Waals surface area contributed by atoms with Gasteiger partial charge in [-0.1, -0.05) is 48.4 Å². The van der Waals surface area contributed by atoms with Crippen molar-refractivity contribution in [2.45, 2.75) is 44.2 Å². The van der Waals surface area contributed by atoms with Crippen LogP contribution in [0.25, 0.3) is 0 Å². The van der Waals surface area contributed by atoms with E-state index in [9.17, 15) is 19.2 Å². The third-order valence-electron chi connectivity index (χ3n) is 6.11. The third-order valence-corrected chi connectivity index (χ3v) is 6.32. The molecule has 4 N–H and O–H groups in total. The number of nitrogens with zero attached hydrogens (tertiary/aromatic N) is 1. The van der Waals surface area contributed by atoms with Gasteiger partial charge in [-0.3, -0.25) is 19.2 Å². The fraction of sp³-hybridized carbons (Fsp3) is 0.440. The first-order chi connectivity index (χ1) is 16.8. The molecule has 1 aromatic heterocycles. The van der Waals surface area contributed by atoms with Crippen LogP contribution < -0.4 is 16.4 Å². The number of esters is 1. The normalized spacial score (nSPS) is 18.0. The van der Waals surface area contributed by atoms with E-state index in [1.54, 1.807) is 48.1 Å². The number of rotatable bonds is 11. The van der Waals surface area contributed by atoms with Crippen molar-refractivity contribution < 1.29 is 23.9 Å². The van der Waals surface area contributed by atoms with Crippen molar-refractivity contribution in [1.29, 1.82) is 0 Å². The summed E-state index contributed by atoms with van der Waals surface area (Å²) in [5, 5.41) is 6.07. The molecule has 2 amide bonds. The van der Waals surface area contributed by atoms with Gasteiger partial charge in [0.25, 0.3) is 5.91 Å². The minimum Gasteiger partial charge on any atom is -0.457 e. The van der Waals surface area contributed by atoms with Gasteiger partial charge in [0.2, 0.25) is 5.91 Å². The molecule has 1 fully saturated rings. The van der Waals surface area contributed by atoms with Gasteiger partial charge in [0.05, 0.1) is 10.9 Å². The lowest BCUT2D eigenvalue weighted by molar-refractivity contribution is -0.148. The zero-order valence-corrected chi connectivity index (χ0v) is 20.4. The van der Waals surface area contributed by atoms with Crippen LogP contribution in [-0.4, -0.2) is 53.4 Å². The fourth-order valence-corrected chi connectivity index (χ4v) is 4.47. The summed E-state index contributed by atoms with van der Waals surface area (Å²) in [6.07, 6.45) is 4.36. The molecule has 9 nitrogen and oxygen atoms in total. The van der Waals surface area contributed by atoms with Crippen LogP contribution in [0.3, 0.4) is 0 Å². The molecule has 3 atom stereocenters. The first-order valence-corrected chi connectivity index (χ1v) is 12.1. The summed E-state index contributed by atoms with van der Waals surface area (Å²) in [5.41, 5.74) is 6.41. The molecule has 0 saturated heterocycles. The molecular formula is C25H31ClN4O5. The van der Waals surface area contributed by atoms with Gasteiger partial charge in [0.15, 0.2) is 12.4 Å². The number of aryl methyl sites for hydroxylation is 1. The zero-order valence-electron chi connectivity index (χ0n) is 19.7. The van der Waals surface area contributed by atoms with Crippen molar-refractivity contribution in [3.63, 3.8) is 0 Å². The minimum absolute atomic E-state index is 0.289. The van der Waals surface area contributed by atoms with E-state index in [4.69, 9.17) is 22.1 Å². The molecule has 1 unspecified atom stereocenters. The van der Waals surface area contributed by atoms with Crippen molar-refractivity contribution in [2.24, 2.45) is 18.7 Å². The predicted octanol–water partition coefficient (Wildman–Crippen LogP) is 2.23. The number of halogens is 1. The van der Waals surface area contributed by atoms with E-state index in [1.165, 1.54) is 6.07 Å². The van der Waals surface area contributed by atoms with Gasteiger partial charge in [0, 0.05) is 24.8 Å². The molecule has 1 aliphatic rings. The fourth-order valence-electron chi connectivity index (χ4n) is 4.22. The Hall–Kier alpha value is -3.17. The van der Waals surface area contributed by atoms with Crippen LogP contribution in [0, 0.1) is 5.92 Å². The Balaban J connectivity index is 1.59. The molecule has 10 heteroatoms. The number of Topliss-reactive ketones (excluding diaryl/α,β-unsaturated/α-hetero) is 1. The molecule has 1 aromatic carbocycles. The van der Waals surface area contributed by atoms with E-state index in [1.807, 2.05) is 0 Å². The number of amides is 2. The van der Waals surface area contributed by atoms with Crippen LogP contribution in [0.4, 0.5) is 0 Å². The van der Waals surface area contributed by atoms with Gasteiger partial charge >= 0.3 is 5.97 Å². The second kappa shape index (κ2) is 12.5. The number of nitrogens with one attached hydrogen (secondary N) is 2. The van der Waals surface area contributed by atoms with Crippen LogP contribution in [0.2, 0.25) is 5.02 Å². The number of carbonyl (C=O) groups excluding carboxylic acids is 4. The number of benzene rings is 1. The van der Waals surface area contributed by atoms with Gasteiger partial charge in [-0.2, -0.15) is 0 Å². The second-order valence-corrected chi connectivity index (χ2v) is 9.10. The summed E-state index contributed by atoms with van der Waals surface area (Å²) in [4.78, 5) is 50.7. The van der Waals surface area contributed by atoms with Crippen LogP contribution in [0.15, 0.2) is 42.6 Å². The lowest BCUT2D eigenvalue weighted by Crippen LogP contribution is -2.51. The van der Waals surface area contributed by atoms with E-state index in [0.29, 0.717) is 48.5 Å². The number of nitrogens with two attached hydrogens (primary N) is 1. The van der Waals surface area contributed by atoms with Crippen LogP contribution >= 0.6 is 11.6 Å². The Bertz CT molecular complexity index is 1060. The monoisotopic (exact) mass is 502 g/mol. The molecule has 188 valence electrons. The van der Waals surface area contributed by atoms with Gasteiger partial charge in [-0.15, -0.1) is 0 Å². The number of aromatic nitrogens is 1. The van der Waals surface area contributed by atoms with Crippen molar-refractivity contribution in [1.82, 2.24) is 15.2 Å². The van der Waals surface area contributed by atoms with Crippen molar-refractivity contribution in [3.8, 4) is 0 Å². The van der Waals surface area contributed by atoms with E-state index < -0.39 is 35.8 Å². The molecule has 0 spiro atoms. The summed E-state index contributed by atoms with van der Waals surface area (Å²) in [7, 11) is 1.69. The first kappa shape index (κ1) is 26.4. The van der Waals surface area contributed by atoms with Crippen molar-refractivity contribution in [3.05, 3.63) is 58.9 Å². The summed E-state index contributed by atoms with van der Waals surface area (Å²) in [6.45, 7) is 0.0118. The van der Waals surface area contributed by atoms with Crippen molar-refractivity contribution >= 4 is 35.2 Å². The maximum absolute atomic E-state index is 13.1. The van der Waals surface area contributed by atoms with Crippen LogP contribution in [0.1, 0.15) is 53.0 Å². The summed E-state index contributed by atoms with van der Waals surface area (Å²) in [6, 6.07) is 8.86. The van der Waals surface area contributed by atoms with E-state index in [-0.39, 0.29) is 12.4 Å². The SMILES string of the molecule is Cn1cc(Cl)cc1C(=O)N[C@@H](CCCN)C(=O)NC1CCC[C@H]1C(=O)OCC(=O)c1ccccc1. The topological polar surface area (TPSA) is 133 Å². The Morgan fingerprint density at radius 3 is 2.60 bits per heavy atom. The highest BCUT2D eigenvalue weighted by Gasteiger charge is 2.37. The predicted molar refractivity (Wildman–Crippen MR) is 131 cm³/mol. The lowest BCUT2D eigenvalue weighted by atomic mass is 10.0. The quantitative estimate of drug-likeness (QED) is 0.319. The summed E-state index contributed by atoms with van der Waals surface area (Å²) in [5.74, 6) is -2.18. The molecule has 1 heterocycles. The number of ketones is 1. The molecule has 1 aliphatic carbocycles. The summed E-state index contributed by atoms with van der Waals surface area (Å²) >= 11 is 5.97. The second-order valence-electron chi connectivity index (χ2n) is 8.66. The molecule has 0 radical (unpaired) electrons. The zero-order chi connectivity index (χ0) is 25.4. The van der Waals surface area contributed by atoms with Crippen LogP contribution in [-0.2, 0) is 21.4 Å². The average Bonchev–Trinajstić information content (AvgIpc) is 3.45. The Morgan fingerprint density at radius 2 is 1.94 bits per heavy atom. The average molecular weight is 503 g/mol. The molecule has 35 heavy (non-hydrogen) atoms. The maximum Gasteiger partial charge on any atom is 0.311 e. The molecule has 3 rings (SSSR count). The Labute approximate surface area is 209 Å². The molecule has 0 bridgehead atoms. The highest BCUT2D eigenvalue weighted by atomic mass is 35.5. The largest absolute Gasteiger partial charge is 0.457 e. The van der Waals surface area contributed by atoms with E-state index in [2.05, 4.69) is 10.6 Å². The van der Waals surface area contributed by atoms with Gasteiger partial charge in [0.1, 0.15) is 11.7 Å². The molecule has 2 aromatic rings. The Kier molecular flexibility index (Phi) is 9.45. The highest BCUT2D eigenvalue weighted by molar-refractivity contribution is 6.31. The maximum atomic E-state index is 13.1. The van der Waals surface area contributed by atoms with Gasteiger partial charge in [-0.05, 0) is 38.3 Å². The van der Waals surface area contributed by atoms with Crippen LogP contribution in [0.5, 0.6) is 0 Å². The van der Waals surface area contributed by atoms with E-state index in [0.717, 1.165) is 6.42 Å². The van der Waals surface area contributed by atoms with Crippen molar-refractivity contribution in [2.75, 3.05) is 13.2 Å². The molecule has 1 saturated carbocycles. The highest BCUT2D eigenvalue weighted by Crippen LogP contribution is 2.27. The first-order valence-electron chi connectivity index (χ1n) is 11.7. The number of hydrogen-bond donors (Lipinski definition) is 3.